The van der Waals surface area contributed by atoms with Crippen molar-refractivity contribution in [3.63, 3.8) is 0 Å². The molecule has 0 saturated carbocycles. The summed E-state index contributed by atoms with van der Waals surface area (Å²) in [5.41, 5.74) is 1.06. The summed E-state index contributed by atoms with van der Waals surface area (Å²) in [6.45, 7) is 2.25. The van der Waals surface area contributed by atoms with E-state index in [1.165, 1.54) is 0 Å². The van der Waals surface area contributed by atoms with E-state index in [2.05, 4.69) is 31.6 Å². The summed E-state index contributed by atoms with van der Waals surface area (Å²) in [7, 11) is 5.01. The van der Waals surface area contributed by atoms with Gasteiger partial charge in [-0.15, -0.1) is 0 Å². The fourth-order valence-corrected chi connectivity index (χ4v) is 2.91. The molecule has 1 aromatic carbocycles. The van der Waals surface area contributed by atoms with Crippen LogP contribution < -0.4 is 20.1 Å². The second-order valence-corrected chi connectivity index (χ2v) is 6.09. The minimum Gasteiger partial charge on any atom is -0.493 e. The first kappa shape index (κ1) is 17.9. The van der Waals surface area contributed by atoms with Gasteiger partial charge >= 0.3 is 0 Å². The molecule has 1 saturated heterocycles. The van der Waals surface area contributed by atoms with Crippen LogP contribution in [0, 0.1) is 0 Å². The van der Waals surface area contributed by atoms with Crippen molar-refractivity contribution in [2.45, 2.75) is 25.5 Å². The maximum atomic E-state index is 5.60. The molecule has 0 radical (unpaired) electrons. The number of hydrogen-bond donors (Lipinski definition) is 2. The van der Waals surface area contributed by atoms with Crippen molar-refractivity contribution in [2.75, 3.05) is 34.4 Å². The van der Waals surface area contributed by atoms with E-state index in [0.29, 0.717) is 18.0 Å². The van der Waals surface area contributed by atoms with E-state index in [-0.39, 0.29) is 6.10 Å². The number of rotatable bonds is 6. The molecule has 1 fully saturated rings. The number of nitrogens with zero attached hydrogens (tertiary/aromatic N) is 1. The number of ether oxygens (including phenoxy) is 3. The molecule has 0 bridgehead atoms. The lowest BCUT2D eigenvalue weighted by molar-refractivity contribution is 0.114. The zero-order chi connectivity index (χ0) is 16.7. The molecule has 0 spiro atoms. The van der Waals surface area contributed by atoms with Crippen molar-refractivity contribution in [1.82, 2.24) is 10.6 Å². The Bertz CT molecular complexity index is 546. The minimum atomic E-state index is 0.279. The molecular weight excluding hydrogens is 362 g/mol. The second kappa shape index (κ2) is 8.98. The Morgan fingerprint density at radius 1 is 1.30 bits per heavy atom. The largest absolute Gasteiger partial charge is 0.493 e. The number of guanidine groups is 1. The Balaban J connectivity index is 1.92. The molecule has 1 atom stereocenters. The Morgan fingerprint density at radius 2 is 2.04 bits per heavy atom. The van der Waals surface area contributed by atoms with Crippen molar-refractivity contribution in [3.05, 3.63) is 22.2 Å². The summed E-state index contributed by atoms with van der Waals surface area (Å²) < 4.78 is 17.2. The van der Waals surface area contributed by atoms with Gasteiger partial charge in [0.1, 0.15) is 0 Å². The smallest absolute Gasteiger partial charge is 0.191 e. The summed E-state index contributed by atoms with van der Waals surface area (Å²) in [6, 6.07) is 3.85. The fraction of sp³-hybridized carbons (Fsp3) is 0.562. The monoisotopic (exact) mass is 385 g/mol. The van der Waals surface area contributed by atoms with Gasteiger partial charge in [-0.2, -0.15) is 0 Å². The number of benzene rings is 1. The highest BCUT2D eigenvalue weighted by molar-refractivity contribution is 9.10. The molecule has 2 rings (SSSR count). The molecule has 1 aliphatic heterocycles. The first-order valence-electron chi connectivity index (χ1n) is 7.64. The summed E-state index contributed by atoms with van der Waals surface area (Å²) in [4.78, 5) is 4.24. The van der Waals surface area contributed by atoms with E-state index in [1.54, 1.807) is 21.3 Å². The highest BCUT2D eigenvalue weighted by Crippen LogP contribution is 2.33. The predicted octanol–water partition coefficient (Wildman–Crippen LogP) is 2.31. The van der Waals surface area contributed by atoms with Crippen LogP contribution in [0.4, 0.5) is 0 Å². The molecule has 0 aliphatic carbocycles. The number of nitrogens with one attached hydrogen (secondary N) is 2. The van der Waals surface area contributed by atoms with Crippen molar-refractivity contribution in [3.8, 4) is 11.5 Å². The standard InChI is InChI=1S/C16H24BrN3O3/c1-18-16(20-10-12-5-4-6-23-12)19-9-11-7-14(21-2)15(22-3)8-13(11)17/h7-8,12H,4-6,9-10H2,1-3H3,(H2,18,19,20). The van der Waals surface area contributed by atoms with Crippen LogP contribution in [0.25, 0.3) is 0 Å². The van der Waals surface area contributed by atoms with Gasteiger partial charge in [-0.25, -0.2) is 0 Å². The van der Waals surface area contributed by atoms with Crippen molar-refractivity contribution >= 4 is 21.9 Å². The third-order valence-electron chi connectivity index (χ3n) is 3.74. The van der Waals surface area contributed by atoms with Gasteiger partial charge in [-0.3, -0.25) is 4.99 Å². The van der Waals surface area contributed by atoms with Gasteiger partial charge in [0.2, 0.25) is 0 Å². The highest BCUT2D eigenvalue weighted by atomic mass is 79.9. The van der Waals surface area contributed by atoms with Crippen molar-refractivity contribution in [1.29, 1.82) is 0 Å². The number of hydrogen-bond acceptors (Lipinski definition) is 4. The Hall–Kier alpha value is -1.47. The summed E-state index contributed by atoms with van der Waals surface area (Å²) in [6.07, 6.45) is 2.52. The van der Waals surface area contributed by atoms with E-state index in [4.69, 9.17) is 14.2 Å². The Kier molecular flexibility index (Phi) is 6.98. The average molecular weight is 386 g/mol. The van der Waals surface area contributed by atoms with Crippen LogP contribution >= 0.6 is 15.9 Å². The molecule has 1 aliphatic rings. The van der Waals surface area contributed by atoms with E-state index >= 15 is 0 Å². The molecule has 0 amide bonds. The van der Waals surface area contributed by atoms with E-state index in [0.717, 1.165) is 42.0 Å². The first-order chi connectivity index (χ1) is 11.2. The molecule has 128 valence electrons. The molecule has 2 N–H and O–H groups in total. The quantitative estimate of drug-likeness (QED) is 0.580. The Labute approximate surface area is 145 Å². The van der Waals surface area contributed by atoms with Crippen molar-refractivity contribution in [2.24, 2.45) is 4.99 Å². The number of halogens is 1. The molecule has 7 heteroatoms. The topological polar surface area (TPSA) is 64.1 Å². The zero-order valence-corrected chi connectivity index (χ0v) is 15.4. The third kappa shape index (κ3) is 5.00. The molecular formula is C16H24BrN3O3. The van der Waals surface area contributed by atoms with Gasteiger partial charge in [0, 0.05) is 31.2 Å². The van der Waals surface area contributed by atoms with Crippen LogP contribution in [-0.2, 0) is 11.3 Å². The van der Waals surface area contributed by atoms with Gasteiger partial charge in [0.05, 0.1) is 20.3 Å². The molecule has 23 heavy (non-hydrogen) atoms. The number of methoxy groups -OCH3 is 2. The predicted molar refractivity (Wildman–Crippen MR) is 94.4 cm³/mol. The van der Waals surface area contributed by atoms with E-state index in [9.17, 15) is 0 Å². The molecule has 6 nitrogen and oxygen atoms in total. The molecule has 1 unspecified atom stereocenters. The van der Waals surface area contributed by atoms with Crippen molar-refractivity contribution < 1.29 is 14.2 Å². The third-order valence-corrected chi connectivity index (χ3v) is 4.48. The summed E-state index contributed by atoms with van der Waals surface area (Å²) >= 11 is 3.56. The maximum Gasteiger partial charge on any atom is 0.191 e. The first-order valence-corrected chi connectivity index (χ1v) is 8.43. The van der Waals surface area contributed by atoms with Crippen LogP contribution in [0.5, 0.6) is 11.5 Å². The van der Waals surface area contributed by atoms with Gasteiger partial charge in [0.15, 0.2) is 17.5 Å². The molecule has 1 heterocycles. The zero-order valence-electron chi connectivity index (χ0n) is 13.8. The van der Waals surface area contributed by atoms with Crippen LogP contribution in [0.3, 0.4) is 0 Å². The lowest BCUT2D eigenvalue weighted by Crippen LogP contribution is -2.40. The van der Waals surface area contributed by atoms with Crippen LogP contribution in [0.15, 0.2) is 21.6 Å². The summed E-state index contributed by atoms with van der Waals surface area (Å²) in [5.74, 6) is 2.15. The lowest BCUT2D eigenvalue weighted by Gasteiger charge is -2.16. The fourth-order valence-electron chi connectivity index (χ4n) is 2.45. The highest BCUT2D eigenvalue weighted by Gasteiger charge is 2.15. The minimum absolute atomic E-state index is 0.279. The Morgan fingerprint density at radius 3 is 2.65 bits per heavy atom. The van der Waals surface area contributed by atoms with Gasteiger partial charge < -0.3 is 24.8 Å². The second-order valence-electron chi connectivity index (χ2n) is 5.24. The molecule has 1 aromatic rings. The van der Waals surface area contributed by atoms with Crippen LogP contribution in [-0.4, -0.2) is 46.5 Å². The lowest BCUT2D eigenvalue weighted by atomic mass is 10.2. The van der Waals surface area contributed by atoms with E-state index in [1.807, 2.05) is 12.1 Å². The molecule has 0 aromatic heterocycles. The number of aliphatic imine (C=N–C) groups is 1. The van der Waals surface area contributed by atoms with Gasteiger partial charge in [0.25, 0.3) is 0 Å². The van der Waals surface area contributed by atoms with Gasteiger partial charge in [-0.05, 0) is 30.5 Å². The van der Waals surface area contributed by atoms with Crippen LogP contribution in [0.1, 0.15) is 18.4 Å². The maximum absolute atomic E-state index is 5.60. The normalized spacial score (nSPS) is 17.9. The average Bonchev–Trinajstić information content (AvgIpc) is 3.09. The summed E-state index contributed by atoms with van der Waals surface area (Å²) in [5, 5.41) is 6.59. The van der Waals surface area contributed by atoms with Gasteiger partial charge in [-0.1, -0.05) is 15.9 Å². The SMILES string of the molecule is CN=C(NCc1cc(OC)c(OC)cc1Br)NCC1CCCO1. The van der Waals surface area contributed by atoms with Crippen LogP contribution in [0.2, 0.25) is 0 Å². The van der Waals surface area contributed by atoms with E-state index < -0.39 is 0 Å².